The summed E-state index contributed by atoms with van der Waals surface area (Å²) in [5.74, 6) is -4.29. The summed E-state index contributed by atoms with van der Waals surface area (Å²) in [7, 11) is 0. The molecule has 0 aromatic heterocycles. The van der Waals surface area contributed by atoms with E-state index in [4.69, 9.17) is 9.47 Å². The van der Waals surface area contributed by atoms with Crippen molar-refractivity contribution < 1.29 is 39.2 Å². The first-order valence-electron chi connectivity index (χ1n) is 17.1. The van der Waals surface area contributed by atoms with Crippen molar-refractivity contribution >= 4 is 17.7 Å². The molecule has 2 unspecified atom stereocenters. The van der Waals surface area contributed by atoms with Gasteiger partial charge in [0, 0.05) is 48.9 Å². The number of unbranched alkanes of at least 4 members (excludes halogenated alkanes) is 10. The maximum Gasteiger partial charge on any atom is 0.306 e. The standard InChI is InChI=1S/C36H56O8/c1-7-8-9-10-11-12-13-14-15-16-17-18-29(39)43-32-24(3)35(42)27(30-33(5,6)36(30,32)44-25(4)38)20-26(22-37)21-34(41)28(35)19-23(2)31(34)40/h19-20,24,27-28,30,32,37,41-42H,7-18,21-22H2,1-6H3/t24?,27-,28+,30+,32?,34-,35-,36-/m1/s1. The van der Waals surface area contributed by atoms with Gasteiger partial charge in [0.15, 0.2) is 11.4 Å². The average molecular weight is 617 g/mol. The van der Waals surface area contributed by atoms with Gasteiger partial charge in [-0.15, -0.1) is 0 Å². The SMILES string of the molecule is CCCCCCCCCCCCCC(=O)OC1C(C)[C@@]2(O)[C@H](C=C(CO)C[C@]3(O)C(=O)C(C)=C[C@H]23)[C@H]2C(C)(C)[C@]12OC(C)=O. The molecule has 4 aliphatic rings. The third-order valence-electron chi connectivity index (χ3n) is 11.5. The van der Waals surface area contributed by atoms with E-state index in [9.17, 15) is 29.7 Å². The maximum absolute atomic E-state index is 13.3. The zero-order chi connectivity index (χ0) is 32.5. The van der Waals surface area contributed by atoms with Gasteiger partial charge in [0.2, 0.25) is 0 Å². The maximum atomic E-state index is 13.3. The van der Waals surface area contributed by atoms with Gasteiger partial charge in [0.1, 0.15) is 11.7 Å². The van der Waals surface area contributed by atoms with E-state index in [-0.39, 0.29) is 19.4 Å². The zero-order valence-corrected chi connectivity index (χ0v) is 27.8. The summed E-state index contributed by atoms with van der Waals surface area (Å²) < 4.78 is 12.3. The predicted molar refractivity (Wildman–Crippen MR) is 167 cm³/mol. The molecule has 0 saturated heterocycles. The topological polar surface area (TPSA) is 130 Å². The van der Waals surface area contributed by atoms with Crippen molar-refractivity contribution in [3.8, 4) is 0 Å². The molecule has 44 heavy (non-hydrogen) atoms. The first kappa shape index (κ1) is 34.8. The molecule has 8 nitrogen and oxygen atoms in total. The number of aliphatic hydroxyl groups excluding tert-OH is 1. The van der Waals surface area contributed by atoms with E-state index in [0.717, 1.165) is 19.3 Å². The van der Waals surface area contributed by atoms with Crippen LogP contribution in [0.5, 0.6) is 0 Å². The number of esters is 2. The number of fused-ring (bicyclic) bond motifs is 5. The lowest BCUT2D eigenvalue weighted by Crippen LogP contribution is -2.66. The Labute approximate surface area is 263 Å². The van der Waals surface area contributed by atoms with Crippen molar-refractivity contribution in [1.29, 1.82) is 0 Å². The number of aliphatic hydroxyl groups is 3. The first-order chi connectivity index (χ1) is 20.7. The van der Waals surface area contributed by atoms with E-state index in [1.165, 1.54) is 51.9 Å². The fourth-order valence-corrected chi connectivity index (χ4v) is 9.20. The fourth-order valence-electron chi connectivity index (χ4n) is 9.20. The van der Waals surface area contributed by atoms with Crippen LogP contribution in [0.1, 0.15) is 125 Å². The van der Waals surface area contributed by atoms with Crippen LogP contribution in [0.4, 0.5) is 0 Å². The third kappa shape index (κ3) is 5.84. The van der Waals surface area contributed by atoms with Gasteiger partial charge < -0.3 is 24.8 Å². The smallest absolute Gasteiger partial charge is 0.306 e. The summed E-state index contributed by atoms with van der Waals surface area (Å²) in [6.07, 6.45) is 15.4. The molecule has 8 heteroatoms. The van der Waals surface area contributed by atoms with Gasteiger partial charge in [-0.3, -0.25) is 14.4 Å². The van der Waals surface area contributed by atoms with Crippen molar-refractivity contribution in [2.24, 2.45) is 29.1 Å². The minimum absolute atomic E-state index is 0.108. The summed E-state index contributed by atoms with van der Waals surface area (Å²) in [6.45, 7) is 10.4. The number of rotatable bonds is 15. The van der Waals surface area contributed by atoms with Crippen molar-refractivity contribution in [2.45, 2.75) is 148 Å². The second-order valence-corrected chi connectivity index (χ2v) is 14.7. The van der Waals surface area contributed by atoms with Gasteiger partial charge in [0.05, 0.1) is 12.2 Å². The van der Waals surface area contributed by atoms with Gasteiger partial charge in [-0.05, 0) is 24.5 Å². The number of carbonyl (C=O) groups is 3. The Morgan fingerprint density at radius 1 is 0.955 bits per heavy atom. The quantitative estimate of drug-likeness (QED) is 0.120. The Balaban J connectivity index is 1.51. The summed E-state index contributed by atoms with van der Waals surface area (Å²) in [5.41, 5.74) is -4.71. The van der Waals surface area contributed by atoms with Crippen molar-refractivity contribution in [1.82, 2.24) is 0 Å². The molecule has 8 atom stereocenters. The molecule has 4 aliphatic carbocycles. The molecule has 0 radical (unpaired) electrons. The van der Waals surface area contributed by atoms with Gasteiger partial charge in [-0.2, -0.15) is 0 Å². The Bertz CT molecular complexity index is 1150. The summed E-state index contributed by atoms with van der Waals surface area (Å²) in [4.78, 5) is 39.1. The molecule has 248 valence electrons. The third-order valence-corrected chi connectivity index (χ3v) is 11.5. The largest absolute Gasteiger partial charge is 0.458 e. The van der Waals surface area contributed by atoms with E-state index < -0.39 is 69.7 Å². The highest BCUT2D eigenvalue weighted by Gasteiger charge is 2.87. The van der Waals surface area contributed by atoms with Crippen LogP contribution in [0.15, 0.2) is 23.3 Å². The second kappa shape index (κ2) is 13.4. The number of carbonyl (C=O) groups excluding carboxylic acids is 3. The van der Waals surface area contributed by atoms with Crippen LogP contribution in [0, 0.1) is 29.1 Å². The number of hydrogen-bond acceptors (Lipinski definition) is 8. The van der Waals surface area contributed by atoms with Gasteiger partial charge in [0.25, 0.3) is 0 Å². The van der Waals surface area contributed by atoms with E-state index in [1.807, 2.05) is 13.8 Å². The molecule has 0 amide bonds. The minimum Gasteiger partial charge on any atom is -0.458 e. The van der Waals surface area contributed by atoms with Crippen LogP contribution in [0.2, 0.25) is 0 Å². The number of ether oxygens (including phenoxy) is 2. The van der Waals surface area contributed by atoms with Crippen LogP contribution in [0.3, 0.4) is 0 Å². The van der Waals surface area contributed by atoms with Crippen molar-refractivity contribution in [3.05, 3.63) is 23.3 Å². The molecule has 0 aliphatic heterocycles. The molecule has 0 bridgehead atoms. The molecular formula is C36H56O8. The van der Waals surface area contributed by atoms with E-state index in [0.29, 0.717) is 17.6 Å². The highest BCUT2D eigenvalue weighted by Crippen LogP contribution is 2.77. The van der Waals surface area contributed by atoms with Crippen LogP contribution >= 0.6 is 0 Å². The lowest BCUT2D eigenvalue weighted by molar-refractivity contribution is -0.228. The Kier molecular flexibility index (Phi) is 10.6. The first-order valence-corrected chi connectivity index (χ1v) is 17.1. The molecule has 3 N–H and O–H groups in total. The summed E-state index contributed by atoms with van der Waals surface area (Å²) in [5, 5.41) is 34.8. The normalized spacial score (nSPS) is 36.8. The molecule has 2 saturated carbocycles. The predicted octanol–water partition coefficient (Wildman–Crippen LogP) is 5.75. The minimum atomic E-state index is -1.93. The molecule has 2 fully saturated rings. The number of Topliss-reactive ketones (excluding diaryl/α,β-unsaturated/α-hetero) is 1. The molecule has 0 aromatic rings. The molecule has 4 rings (SSSR count). The van der Waals surface area contributed by atoms with Gasteiger partial charge >= 0.3 is 11.9 Å². The second-order valence-electron chi connectivity index (χ2n) is 14.7. The van der Waals surface area contributed by atoms with Crippen molar-refractivity contribution in [2.75, 3.05) is 6.61 Å². The van der Waals surface area contributed by atoms with Crippen LogP contribution in [0.25, 0.3) is 0 Å². The monoisotopic (exact) mass is 616 g/mol. The Hall–Kier alpha value is -2.03. The number of hydrogen-bond donors (Lipinski definition) is 3. The molecule has 0 spiro atoms. The van der Waals surface area contributed by atoms with Gasteiger partial charge in [-0.1, -0.05) is 104 Å². The Morgan fingerprint density at radius 3 is 2.07 bits per heavy atom. The molecular weight excluding hydrogens is 560 g/mol. The summed E-state index contributed by atoms with van der Waals surface area (Å²) in [6, 6.07) is 0. The highest BCUT2D eigenvalue weighted by atomic mass is 16.6. The lowest BCUT2D eigenvalue weighted by Gasteiger charge is -2.53. The van der Waals surface area contributed by atoms with Gasteiger partial charge in [-0.25, -0.2) is 0 Å². The van der Waals surface area contributed by atoms with E-state index in [1.54, 1.807) is 26.0 Å². The van der Waals surface area contributed by atoms with Crippen LogP contribution < -0.4 is 0 Å². The molecule has 0 heterocycles. The van der Waals surface area contributed by atoms with Crippen molar-refractivity contribution in [3.63, 3.8) is 0 Å². The fraction of sp³-hybridized carbons (Fsp3) is 0.806. The average Bonchev–Trinajstić information content (AvgIpc) is 3.38. The highest BCUT2D eigenvalue weighted by molar-refractivity contribution is 6.04. The Morgan fingerprint density at radius 2 is 1.52 bits per heavy atom. The zero-order valence-electron chi connectivity index (χ0n) is 27.8. The van der Waals surface area contributed by atoms with E-state index in [2.05, 4.69) is 6.92 Å². The van der Waals surface area contributed by atoms with Crippen LogP contribution in [-0.4, -0.2) is 62.6 Å². The molecule has 0 aromatic carbocycles. The van der Waals surface area contributed by atoms with E-state index >= 15 is 0 Å². The number of ketones is 1. The summed E-state index contributed by atoms with van der Waals surface area (Å²) >= 11 is 0. The lowest BCUT2D eigenvalue weighted by atomic mass is 9.59. The van der Waals surface area contributed by atoms with Crippen LogP contribution in [-0.2, 0) is 23.9 Å².